The molecule has 2 aromatic heterocycles. The molecule has 198 valence electrons. The summed E-state index contributed by atoms with van der Waals surface area (Å²) in [6, 6.07) is 9.74. The molecule has 0 saturated carbocycles. The maximum Gasteiger partial charge on any atom is 0.319 e. The molecule has 0 aliphatic carbocycles. The van der Waals surface area contributed by atoms with E-state index in [1.807, 2.05) is 0 Å². The molecule has 0 spiro atoms. The highest BCUT2D eigenvalue weighted by Gasteiger charge is 2.49. The number of nitrogens with one attached hydrogen (secondary N) is 1. The van der Waals surface area contributed by atoms with Gasteiger partial charge >= 0.3 is 6.01 Å². The second kappa shape index (κ2) is 9.10. The number of hydrogen-bond acceptors (Lipinski definition) is 8. The van der Waals surface area contributed by atoms with Gasteiger partial charge < -0.3 is 15.0 Å². The highest BCUT2D eigenvalue weighted by atomic mass is 19.1. The van der Waals surface area contributed by atoms with Gasteiger partial charge in [0.25, 0.3) is 0 Å². The summed E-state index contributed by atoms with van der Waals surface area (Å²) < 4.78 is 36.7. The zero-order valence-corrected chi connectivity index (χ0v) is 21.0. The Morgan fingerprint density at radius 2 is 2.00 bits per heavy atom. The minimum Gasteiger partial charge on any atom is -0.461 e. The predicted octanol–water partition coefficient (Wildman–Crippen LogP) is 3.84. The third kappa shape index (κ3) is 3.87. The van der Waals surface area contributed by atoms with Gasteiger partial charge in [-0.05, 0) is 38.3 Å². The van der Waals surface area contributed by atoms with Crippen molar-refractivity contribution in [3.05, 3.63) is 41.8 Å². The Morgan fingerprint density at radius 3 is 2.82 bits per heavy atom. The number of ether oxygens (including phenoxy) is 1. The van der Waals surface area contributed by atoms with E-state index in [1.165, 1.54) is 0 Å². The largest absolute Gasteiger partial charge is 0.461 e. The molecular weight excluding hydrogens is 488 g/mol. The summed E-state index contributed by atoms with van der Waals surface area (Å²) in [6.45, 7) is 3.06. The Bertz CT molecular complexity index is 1440. The number of nitriles is 1. The van der Waals surface area contributed by atoms with E-state index in [4.69, 9.17) is 9.72 Å². The summed E-state index contributed by atoms with van der Waals surface area (Å²) in [4.78, 5) is 18.1. The number of aromatic nitrogens is 3. The zero-order valence-electron chi connectivity index (χ0n) is 21.0. The number of halogens is 2. The van der Waals surface area contributed by atoms with Crippen LogP contribution in [0.1, 0.15) is 39.1 Å². The van der Waals surface area contributed by atoms with Gasteiger partial charge in [0.1, 0.15) is 29.8 Å². The summed E-state index contributed by atoms with van der Waals surface area (Å²) in [7, 11) is 0. The highest BCUT2D eigenvalue weighted by Crippen LogP contribution is 2.41. The molecule has 4 saturated heterocycles. The molecule has 1 aromatic carbocycles. The van der Waals surface area contributed by atoms with E-state index >= 15 is 4.39 Å². The first-order valence-corrected chi connectivity index (χ1v) is 13.4. The molecule has 8 nitrogen and oxygen atoms in total. The Hall–Kier alpha value is -3.42. The average Bonchev–Trinajstić information content (AvgIpc) is 3.58. The van der Waals surface area contributed by atoms with Gasteiger partial charge in [-0.25, -0.2) is 8.78 Å². The normalized spacial score (nSPS) is 28.6. The van der Waals surface area contributed by atoms with E-state index < -0.39 is 12.0 Å². The summed E-state index contributed by atoms with van der Waals surface area (Å²) in [5.74, 6) is -0.00682. The molecule has 6 heterocycles. The summed E-state index contributed by atoms with van der Waals surface area (Å²) in [5.41, 5.74) is 0.578. The Kier molecular flexibility index (Phi) is 5.67. The van der Waals surface area contributed by atoms with Crippen LogP contribution in [0.5, 0.6) is 6.01 Å². The minimum absolute atomic E-state index is 0. The number of alkyl halides is 1. The van der Waals surface area contributed by atoms with Crippen molar-refractivity contribution in [2.24, 2.45) is 0 Å². The van der Waals surface area contributed by atoms with E-state index in [0.717, 1.165) is 45.3 Å². The standard InChI is InChI=1S/C28H29F2N7O.H2/c29-18-10-28(8-3-9-37(28)13-18)16-38-27-34-25-22(26(35-27)36-14-19-6-7-20(15-36)33-19)12-32-24(23(25)30)21-5-2-1-4-17(21)11-31;/h1-2,4-5,12,18-20,33H,3,6-10,13-16H2;1H/t18-,19?,20?,28+;/m1./s1. The number of benzene rings is 1. The van der Waals surface area contributed by atoms with Gasteiger partial charge in [0, 0.05) is 51.3 Å². The molecule has 4 aliphatic rings. The molecule has 38 heavy (non-hydrogen) atoms. The van der Waals surface area contributed by atoms with Crippen LogP contribution in [0.2, 0.25) is 0 Å². The molecule has 4 atom stereocenters. The summed E-state index contributed by atoms with van der Waals surface area (Å²) >= 11 is 0. The lowest BCUT2D eigenvalue weighted by atomic mass is 9.95. The lowest BCUT2D eigenvalue weighted by molar-refractivity contribution is 0.107. The van der Waals surface area contributed by atoms with Gasteiger partial charge in [0.05, 0.1) is 22.6 Å². The third-order valence-corrected chi connectivity index (χ3v) is 8.69. The van der Waals surface area contributed by atoms with E-state index in [1.54, 1.807) is 30.5 Å². The fraction of sp³-hybridized carbons (Fsp3) is 0.500. The third-order valence-electron chi connectivity index (χ3n) is 8.69. The molecule has 0 amide bonds. The predicted molar refractivity (Wildman–Crippen MR) is 140 cm³/mol. The van der Waals surface area contributed by atoms with Crippen molar-refractivity contribution >= 4 is 16.7 Å². The van der Waals surface area contributed by atoms with Crippen molar-refractivity contribution in [3.63, 3.8) is 0 Å². The number of piperazine rings is 1. The van der Waals surface area contributed by atoms with Gasteiger partial charge in [0.15, 0.2) is 5.82 Å². The number of fused-ring (bicyclic) bond motifs is 4. The van der Waals surface area contributed by atoms with Crippen LogP contribution in [0, 0.1) is 17.1 Å². The van der Waals surface area contributed by atoms with Gasteiger partial charge in [-0.2, -0.15) is 15.2 Å². The van der Waals surface area contributed by atoms with Crippen molar-refractivity contribution in [2.45, 2.75) is 55.9 Å². The number of nitrogens with zero attached hydrogens (tertiary/aromatic N) is 6. The SMILES string of the molecule is N#Cc1ccccc1-c1ncc2c(N3CC4CCC(C3)N4)nc(OC[C@@]34CCCN3C[C@H](F)C4)nc2c1F.[HH]. The number of hydrogen-bond donors (Lipinski definition) is 1. The van der Waals surface area contributed by atoms with Crippen LogP contribution < -0.4 is 15.0 Å². The topological polar surface area (TPSA) is 90.2 Å². The number of anilines is 1. The molecule has 3 aromatic rings. The average molecular weight is 520 g/mol. The smallest absolute Gasteiger partial charge is 0.319 e. The van der Waals surface area contributed by atoms with Crippen molar-refractivity contribution < 1.29 is 14.9 Å². The lowest BCUT2D eigenvalue weighted by Gasteiger charge is -2.34. The highest BCUT2D eigenvalue weighted by molar-refractivity contribution is 5.92. The molecule has 4 fully saturated rings. The maximum absolute atomic E-state index is 16.2. The van der Waals surface area contributed by atoms with Crippen LogP contribution in [0.15, 0.2) is 30.5 Å². The summed E-state index contributed by atoms with van der Waals surface area (Å²) in [5, 5.41) is 13.7. The molecule has 2 unspecified atom stereocenters. The van der Waals surface area contributed by atoms with E-state index in [9.17, 15) is 9.65 Å². The van der Waals surface area contributed by atoms with Gasteiger partial charge in [0.2, 0.25) is 0 Å². The maximum atomic E-state index is 16.2. The molecule has 4 aliphatic heterocycles. The molecule has 0 radical (unpaired) electrons. The second-order valence-electron chi connectivity index (χ2n) is 11.1. The van der Waals surface area contributed by atoms with Gasteiger partial charge in [-0.3, -0.25) is 9.88 Å². The lowest BCUT2D eigenvalue weighted by Crippen LogP contribution is -2.51. The van der Waals surface area contributed by atoms with Crippen LogP contribution in [0.4, 0.5) is 14.6 Å². The zero-order chi connectivity index (χ0) is 25.9. The van der Waals surface area contributed by atoms with E-state index in [0.29, 0.717) is 47.4 Å². The molecule has 1 N–H and O–H groups in total. The van der Waals surface area contributed by atoms with Crippen molar-refractivity contribution in [2.75, 3.05) is 37.7 Å². The number of rotatable bonds is 5. The first-order chi connectivity index (χ1) is 18.5. The van der Waals surface area contributed by atoms with Crippen LogP contribution in [0.3, 0.4) is 0 Å². The Morgan fingerprint density at radius 1 is 1.18 bits per heavy atom. The molecular formula is C28H31F2N7O. The van der Waals surface area contributed by atoms with Crippen molar-refractivity contribution in [1.82, 2.24) is 25.2 Å². The minimum atomic E-state index is -0.866. The van der Waals surface area contributed by atoms with Crippen molar-refractivity contribution in [3.8, 4) is 23.3 Å². The first kappa shape index (κ1) is 23.7. The fourth-order valence-electron chi connectivity index (χ4n) is 6.92. The fourth-order valence-corrected chi connectivity index (χ4v) is 6.92. The number of pyridine rings is 1. The molecule has 7 rings (SSSR count). The van der Waals surface area contributed by atoms with Crippen LogP contribution in [-0.4, -0.2) is 76.4 Å². The first-order valence-electron chi connectivity index (χ1n) is 13.4. The summed E-state index contributed by atoms with van der Waals surface area (Å²) in [6.07, 6.45) is 5.23. The molecule has 2 bridgehead atoms. The van der Waals surface area contributed by atoms with Crippen LogP contribution >= 0.6 is 0 Å². The van der Waals surface area contributed by atoms with E-state index in [-0.39, 0.29) is 30.8 Å². The van der Waals surface area contributed by atoms with Gasteiger partial charge in [-0.15, -0.1) is 0 Å². The molecule has 10 heteroatoms. The Balaban J connectivity index is 0.00000277. The monoisotopic (exact) mass is 519 g/mol. The quantitative estimate of drug-likeness (QED) is 0.544. The van der Waals surface area contributed by atoms with E-state index in [2.05, 4.69) is 31.2 Å². The van der Waals surface area contributed by atoms with Crippen LogP contribution in [-0.2, 0) is 0 Å². The van der Waals surface area contributed by atoms with Gasteiger partial charge in [-0.1, -0.05) is 18.2 Å². The van der Waals surface area contributed by atoms with Crippen LogP contribution in [0.25, 0.3) is 22.2 Å². The Labute approximate surface area is 221 Å². The second-order valence-corrected chi connectivity index (χ2v) is 11.1. The van der Waals surface area contributed by atoms with Crippen molar-refractivity contribution in [1.29, 1.82) is 5.26 Å².